The molecule has 2 nitrogen and oxygen atoms in total. The van der Waals surface area contributed by atoms with Gasteiger partial charge in [-0.2, -0.15) is 0 Å². The molecule has 0 saturated heterocycles. The zero-order valence-corrected chi connectivity index (χ0v) is 12.2. The Kier molecular flexibility index (Phi) is 5.63. The Bertz CT molecular complexity index is 512. The Balaban J connectivity index is 2.09. The van der Waals surface area contributed by atoms with Crippen LogP contribution in [0.3, 0.4) is 0 Å². The van der Waals surface area contributed by atoms with Crippen LogP contribution in [0.2, 0.25) is 0 Å². The van der Waals surface area contributed by atoms with Gasteiger partial charge in [0.2, 0.25) is 0 Å². The van der Waals surface area contributed by atoms with Gasteiger partial charge in [0.1, 0.15) is 5.75 Å². The summed E-state index contributed by atoms with van der Waals surface area (Å²) in [4.78, 5) is 0. The lowest BCUT2D eigenvalue weighted by Crippen LogP contribution is -1.95. The fourth-order valence-corrected chi connectivity index (χ4v) is 2.23. The largest absolute Gasteiger partial charge is 0.494 e. The SMILES string of the molecule is CCOc1cccc(C2C=CC=C(CCOC)C=C2)c1. The van der Waals surface area contributed by atoms with E-state index in [4.69, 9.17) is 9.47 Å². The molecule has 1 atom stereocenters. The van der Waals surface area contributed by atoms with Crippen molar-refractivity contribution >= 4 is 0 Å². The average molecular weight is 270 g/mol. The quantitative estimate of drug-likeness (QED) is 0.769. The maximum absolute atomic E-state index is 5.57. The van der Waals surface area contributed by atoms with Crippen LogP contribution in [0.4, 0.5) is 0 Å². The maximum atomic E-state index is 5.57. The molecule has 0 bridgehead atoms. The van der Waals surface area contributed by atoms with Crippen molar-refractivity contribution in [3.05, 3.63) is 65.8 Å². The third-order valence-electron chi connectivity index (χ3n) is 3.30. The summed E-state index contributed by atoms with van der Waals surface area (Å²) < 4.78 is 10.7. The third-order valence-corrected chi connectivity index (χ3v) is 3.30. The topological polar surface area (TPSA) is 18.5 Å². The minimum atomic E-state index is 0.298. The monoisotopic (exact) mass is 270 g/mol. The number of rotatable bonds is 6. The van der Waals surface area contributed by atoms with Crippen molar-refractivity contribution in [3.8, 4) is 5.75 Å². The first-order valence-corrected chi connectivity index (χ1v) is 7.10. The second kappa shape index (κ2) is 7.71. The molecule has 0 aliphatic heterocycles. The summed E-state index contributed by atoms with van der Waals surface area (Å²) in [5, 5.41) is 0. The molecule has 1 unspecified atom stereocenters. The summed E-state index contributed by atoms with van der Waals surface area (Å²) in [5.41, 5.74) is 2.55. The molecule has 0 spiro atoms. The number of hydrogen-bond acceptors (Lipinski definition) is 2. The van der Waals surface area contributed by atoms with Crippen LogP contribution in [0.25, 0.3) is 0 Å². The van der Waals surface area contributed by atoms with Gasteiger partial charge in [-0.05, 0) is 36.6 Å². The van der Waals surface area contributed by atoms with E-state index in [-0.39, 0.29) is 0 Å². The van der Waals surface area contributed by atoms with Gasteiger partial charge in [0, 0.05) is 13.0 Å². The van der Waals surface area contributed by atoms with E-state index < -0.39 is 0 Å². The van der Waals surface area contributed by atoms with Crippen molar-refractivity contribution in [1.29, 1.82) is 0 Å². The minimum absolute atomic E-state index is 0.298. The molecule has 2 rings (SSSR count). The van der Waals surface area contributed by atoms with Gasteiger partial charge in [0.15, 0.2) is 0 Å². The van der Waals surface area contributed by atoms with E-state index in [1.54, 1.807) is 7.11 Å². The van der Waals surface area contributed by atoms with Gasteiger partial charge in [-0.3, -0.25) is 0 Å². The van der Waals surface area contributed by atoms with Gasteiger partial charge < -0.3 is 9.47 Å². The highest BCUT2D eigenvalue weighted by Crippen LogP contribution is 2.26. The molecule has 0 N–H and O–H groups in total. The van der Waals surface area contributed by atoms with Gasteiger partial charge in [0.05, 0.1) is 13.2 Å². The lowest BCUT2D eigenvalue weighted by Gasteiger charge is -2.10. The van der Waals surface area contributed by atoms with Crippen LogP contribution >= 0.6 is 0 Å². The van der Waals surface area contributed by atoms with E-state index in [9.17, 15) is 0 Å². The van der Waals surface area contributed by atoms with E-state index in [2.05, 4.69) is 42.5 Å². The normalized spacial score (nSPS) is 17.7. The second-order valence-electron chi connectivity index (χ2n) is 4.76. The van der Waals surface area contributed by atoms with Crippen molar-refractivity contribution in [3.63, 3.8) is 0 Å². The molecule has 1 aromatic carbocycles. The minimum Gasteiger partial charge on any atom is -0.494 e. The van der Waals surface area contributed by atoms with Gasteiger partial charge in [-0.25, -0.2) is 0 Å². The zero-order chi connectivity index (χ0) is 14.2. The van der Waals surface area contributed by atoms with Gasteiger partial charge in [-0.15, -0.1) is 0 Å². The Morgan fingerprint density at radius 3 is 2.90 bits per heavy atom. The van der Waals surface area contributed by atoms with E-state index in [0.717, 1.165) is 18.8 Å². The first-order valence-electron chi connectivity index (χ1n) is 7.10. The Morgan fingerprint density at radius 2 is 2.10 bits per heavy atom. The summed E-state index contributed by atoms with van der Waals surface area (Å²) in [6.45, 7) is 3.46. The predicted octanol–water partition coefficient (Wildman–Crippen LogP) is 4.26. The predicted molar refractivity (Wildman–Crippen MR) is 83.2 cm³/mol. The number of ether oxygens (including phenoxy) is 2. The third kappa shape index (κ3) is 4.10. The summed E-state index contributed by atoms with van der Waals surface area (Å²) in [6.07, 6.45) is 11.9. The molecule has 0 radical (unpaired) electrons. The first kappa shape index (κ1) is 14.6. The van der Waals surface area contributed by atoms with E-state index in [1.165, 1.54) is 11.1 Å². The molecule has 106 valence electrons. The van der Waals surface area contributed by atoms with Crippen LogP contribution in [-0.4, -0.2) is 20.3 Å². The molecular weight excluding hydrogens is 248 g/mol. The molecule has 1 aromatic rings. The standard InChI is InChI=1S/C18H22O2/c1-3-20-18-9-5-8-17(14-18)16-7-4-6-15(10-11-16)12-13-19-2/h4-11,14,16H,3,12-13H2,1-2H3. The van der Waals surface area contributed by atoms with Gasteiger partial charge in [0.25, 0.3) is 0 Å². The van der Waals surface area contributed by atoms with Crippen molar-refractivity contribution in [2.45, 2.75) is 19.3 Å². The molecule has 1 aliphatic carbocycles. The van der Waals surface area contributed by atoms with Crippen molar-refractivity contribution in [2.24, 2.45) is 0 Å². The van der Waals surface area contributed by atoms with Crippen molar-refractivity contribution in [1.82, 2.24) is 0 Å². The molecule has 0 heterocycles. The Hall–Kier alpha value is -1.80. The smallest absolute Gasteiger partial charge is 0.119 e. The Labute approximate surface area is 121 Å². The van der Waals surface area contributed by atoms with Crippen LogP contribution in [0.5, 0.6) is 5.75 Å². The molecule has 0 fully saturated rings. The molecule has 20 heavy (non-hydrogen) atoms. The maximum Gasteiger partial charge on any atom is 0.119 e. The van der Waals surface area contributed by atoms with Crippen LogP contribution in [0.15, 0.2) is 60.2 Å². The fraction of sp³-hybridized carbons (Fsp3) is 0.333. The molecule has 0 saturated carbocycles. The first-order chi connectivity index (χ1) is 9.83. The van der Waals surface area contributed by atoms with Crippen molar-refractivity contribution < 1.29 is 9.47 Å². The molecule has 0 aromatic heterocycles. The highest BCUT2D eigenvalue weighted by Gasteiger charge is 2.07. The van der Waals surface area contributed by atoms with E-state index >= 15 is 0 Å². The lowest BCUT2D eigenvalue weighted by molar-refractivity contribution is 0.203. The fourth-order valence-electron chi connectivity index (χ4n) is 2.23. The van der Waals surface area contributed by atoms with E-state index in [0.29, 0.717) is 12.5 Å². The summed E-state index contributed by atoms with van der Waals surface area (Å²) in [7, 11) is 1.73. The molecule has 0 amide bonds. The molecule has 1 aliphatic rings. The number of methoxy groups -OCH3 is 1. The van der Waals surface area contributed by atoms with Crippen LogP contribution in [0.1, 0.15) is 24.8 Å². The van der Waals surface area contributed by atoms with E-state index in [1.807, 2.05) is 19.1 Å². The number of hydrogen-bond donors (Lipinski definition) is 0. The van der Waals surface area contributed by atoms with Crippen LogP contribution in [0, 0.1) is 0 Å². The highest BCUT2D eigenvalue weighted by molar-refractivity contribution is 5.40. The summed E-state index contributed by atoms with van der Waals surface area (Å²) in [5.74, 6) is 1.23. The van der Waals surface area contributed by atoms with Crippen molar-refractivity contribution in [2.75, 3.05) is 20.3 Å². The Morgan fingerprint density at radius 1 is 1.20 bits per heavy atom. The zero-order valence-electron chi connectivity index (χ0n) is 12.2. The number of allylic oxidation sites excluding steroid dienone is 5. The van der Waals surface area contributed by atoms with Crippen LogP contribution in [-0.2, 0) is 4.74 Å². The highest BCUT2D eigenvalue weighted by atomic mass is 16.5. The van der Waals surface area contributed by atoms with Gasteiger partial charge >= 0.3 is 0 Å². The molecular formula is C18H22O2. The van der Waals surface area contributed by atoms with Crippen LogP contribution < -0.4 is 4.74 Å². The summed E-state index contributed by atoms with van der Waals surface area (Å²) in [6, 6.07) is 8.30. The second-order valence-corrected chi connectivity index (χ2v) is 4.76. The van der Waals surface area contributed by atoms with Gasteiger partial charge in [-0.1, -0.05) is 42.5 Å². The molecule has 2 heteroatoms. The average Bonchev–Trinajstić information content (AvgIpc) is 2.71. The number of benzene rings is 1. The lowest BCUT2D eigenvalue weighted by atomic mass is 9.98. The summed E-state index contributed by atoms with van der Waals surface area (Å²) >= 11 is 0.